The van der Waals surface area contributed by atoms with E-state index < -0.39 is 0 Å². The van der Waals surface area contributed by atoms with E-state index in [4.69, 9.17) is 4.74 Å². The highest BCUT2D eigenvalue weighted by Crippen LogP contribution is 2.37. The molecule has 1 aromatic carbocycles. The molecular formula is C16H24FNO. The van der Waals surface area contributed by atoms with Crippen LogP contribution in [-0.4, -0.2) is 12.6 Å². The molecule has 0 bridgehead atoms. The predicted octanol–water partition coefficient (Wildman–Crippen LogP) is 4.61. The molecule has 2 nitrogen and oxygen atoms in total. The number of benzene rings is 1. The zero-order chi connectivity index (χ0) is 13.9. The predicted molar refractivity (Wildman–Crippen MR) is 77.2 cm³/mol. The second-order valence-electron chi connectivity index (χ2n) is 6.16. The fourth-order valence-corrected chi connectivity index (χ4v) is 2.65. The first-order valence-electron chi connectivity index (χ1n) is 7.19. The number of nitrogens with one attached hydrogen (secondary N) is 1. The summed E-state index contributed by atoms with van der Waals surface area (Å²) in [6.45, 7) is 7.12. The molecule has 0 saturated heterocycles. The van der Waals surface area contributed by atoms with Crippen LogP contribution in [0.3, 0.4) is 0 Å². The van der Waals surface area contributed by atoms with E-state index >= 15 is 0 Å². The lowest BCUT2D eigenvalue weighted by Crippen LogP contribution is -2.30. The number of rotatable bonds is 4. The normalized spacial score (nSPS) is 19.2. The Hall–Kier alpha value is -1.25. The van der Waals surface area contributed by atoms with Crippen LogP contribution >= 0.6 is 0 Å². The summed E-state index contributed by atoms with van der Waals surface area (Å²) >= 11 is 0. The Morgan fingerprint density at radius 1 is 1.32 bits per heavy atom. The molecule has 0 amide bonds. The van der Waals surface area contributed by atoms with Gasteiger partial charge in [-0.25, -0.2) is 4.39 Å². The topological polar surface area (TPSA) is 21.3 Å². The molecule has 0 aromatic heterocycles. The molecule has 0 unspecified atom stereocenters. The molecule has 1 saturated carbocycles. The van der Waals surface area contributed by atoms with Crippen molar-refractivity contribution in [3.8, 4) is 5.75 Å². The van der Waals surface area contributed by atoms with Crippen molar-refractivity contribution in [1.82, 2.24) is 0 Å². The van der Waals surface area contributed by atoms with Crippen LogP contribution in [0.5, 0.6) is 5.75 Å². The highest BCUT2D eigenvalue weighted by atomic mass is 19.1. The van der Waals surface area contributed by atoms with Crippen molar-refractivity contribution in [2.45, 2.75) is 52.5 Å². The van der Waals surface area contributed by atoms with E-state index in [2.05, 4.69) is 19.2 Å². The van der Waals surface area contributed by atoms with Gasteiger partial charge in [-0.2, -0.15) is 0 Å². The molecule has 2 rings (SSSR count). The maximum absolute atomic E-state index is 13.2. The monoisotopic (exact) mass is 265 g/mol. The molecule has 19 heavy (non-hydrogen) atoms. The average molecular weight is 265 g/mol. The van der Waals surface area contributed by atoms with Gasteiger partial charge in [-0.05, 0) is 50.2 Å². The Bertz CT molecular complexity index is 421. The van der Waals surface area contributed by atoms with Gasteiger partial charge in [-0.3, -0.25) is 0 Å². The second-order valence-corrected chi connectivity index (χ2v) is 6.16. The van der Waals surface area contributed by atoms with E-state index in [1.807, 2.05) is 6.92 Å². The number of hydrogen-bond acceptors (Lipinski definition) is 2. The van der Waals surface area contributed by atoms with Gasteiger partial charge in [0.25, 0.3) is 0 Å². The van der Waals surface area contributed by atoms with Crippen molar-refractivity contribution in [2.24, 2.45) is 5.41 Å². The summed E-state index contributed by atoms with van der Waals surface area (Å²) < 4.78 is 18.7. The van der Waals surface area contributed by atoms with Crippen molar-refractivity contribution in [3.63, 3.8) is 0 Å². The summed E-state index contributed by atoms with van der Waals surface area (Å²) in [4.78, 5) is 0. The summed E-state index contributed by atoms with van der Waals surface area (Å²) in [5.41, 5.74) is 1.37. The van der Waals surface area contributed by atoms with Crippen LogP contribution in [0.2, 0.25) is 0 Å². The number of halogens is 1. The van der Waals surface area contributed by atoms with Crippen molar-refractivity contribution in [2.75, 3.05) is 11.9 Å². The van der Waals surface area contributed by atoms with Crippen molar-refractivity contribution in [1.29, 1.82) is 0 Å². The standard InChI is InChI=1S/C16H24FNO/c1-4-19-15-11-12(17)5-6-14(15)18-13-7-9-16(2,3)10-8-13/h5-6,11,13,18H,4,7-10H2,1-3H3. The molecular weight excluding hydrogens is 241 g/mol. The van der Waals surface area contributed by atoms with Crippen molar-refractivity contribution in [3.05, 3.63) is 24.0 Å². The van der Waals surface area contributed by atoms with Crippen LogP contribution in [0.25, 0.3) is 0 Å². The maximum Gasteiger partial charge on any atom is 0.145 e. The molecule has 1 aliphatic carbocycles. The van der Waals surface area contributed by atoms with E-state index in [0.717, 1.165) is 18.5 Å². The van der Waals surface area contributed by atoms with Gasteiger partial charge < -0.3 is 10.1 Å². The zero-order valence-electron chi connectivity index (χ0n) is 12.1. The Kier molecular flexibility index (Phi) is 4.33. The minimum atomic E-state index is -0.251. The fourth-order valence-electron chi connectivity index (χ4n) is 2.65. The third-order valence-corrected chi connectivity index (χ3v) is 3.94. The summed E-state index contributed by atoms with van der Waals surface area (Å²) in [6.07, 6.45) is 4.79. The molecule has 1 fully saturated rings. The van der Waals surface area contributed by atoms with Crippen molar-refractivity contribution >= 4 is 5.69 Å². The van der Waals surface area contributed by atoms with Gasteiger partial charge in [0.2, 0.25) is 0 Å². The quantitative estimate of drug-likeness (QED) is 0.858. The number of ether oxygens (including phenoxy) is 1. The van der Waals surface area contributed by atoms with Crippen LogP contribution in [0.1, 0.15) is 46.5 Å². The van der Waals surface area contributed by atoms with Crippen LogP contribution in [0.15, 0.2) is 18.2 Å². The molecule has 1 aliphatic rings. The highest BCUT2D eigenvalue weighted by Gasteiger charge is 2.27. The Morgan fingerprint density at radius 2 is 2.00 bits per heavy atom. The number of anilines is 1. The third-order valence-electron chi connectivity index (χ3n) is 3.94. The minimum absolute atomic E-state index is 0.251. The first-order chi connectivity index (χ1) is 9.00. The summed E-state index contributed by atoms with van der Waals surface area (Å²) in [5, 5.41) is 3.51. The first-order valence-corrected chi connectivity index (χ1v) is 7.19. The summed E-state index contributed by atoms with van der Waals surface area (Å²) in [7, 11) is 0. The van der Waals surface area contributed by atoms with Crippen LogP contribution in [0.4, 0.5) is 10.1 Å². The van der Waals surface area contributed by atoms with Crippen LogP contribution in [0, 0.1) is 11.2 Å². The Morgan fingerprint density at radius 3 is 2.63 bits per heavy atom. The van der Waals surface area contributed by atoms with E-state index in [1.165, 1.54) is 25.0 Å². The highest BCUT2D eigenvalue weighted by molar-refractivity contribution is 5.57. The first kappa shape index (κ1) is 14.2. The van der Waals surface area contributed by atoms with Crippen LogP contribution < -0.4 is 10.1 Å². The summed E-state index contributed by atoms with van der Waals surface area (Å²) in [5.74, 6) is 0.367. The van der Waals surface area contributed by atoms with E-state index in [1.54, 1.807) is 6.07 Å². The van der Waals surface area contributed by atoms with E-state index in [0.29, 0.717) is 23.8 Å². The molecule has 0 heterocycles. The van der Waals surface area contributed by atoms with E-state index in [9.17, 15) is 4.39 Å². The molecule has 0 atom stereocenters. The zero-order valence-corrected chi connectivity index (χ0v) is 12.1. The third kappa shape index (κ3) is 3.85. The van der Waals surface area contributed by atoms with Gasteiger partial charge in [-0.1, -0.05) is 13.8 Å². The van der Waals surface area contributed by atoms with Gasteiger partial charge >= 0.3 is 0 Å². The molecule has 0 radical (unpaired) electrons. The maximum atomic E-state index is 13.2. The Labute approximate surface area is 115 Å². The average Bonchev–Trinajstić information content (AvgIpc) is 2.35. The van der Waals surface area contributed by atoms with Crippen LogP contribution in [-0.2, 0) is 0 Å². The molecule has 0 aliphatic heterocycles. The number of hydrogen-bond donors (Lipinski definition) is 1. The molecule has 0 spiro atoms. The fraction of sp³-hybridized carbons (Fsp3) is 0.625. The lowest BCUT2D eigenvalue weighted by Gasteiger charge is -2.35. The Balaban J connectivity index is 2.03. The lowest BCUT2D eigenvalue weighted by molar-refractivity contribution is 0.232. The van der Waals surface area contributed by atoms with Gasteiger partial charge in [-0.15, -0.1) is 0 Å². The van der Waals surface area contributed by atoms with Gasteiger partial charge in [0.1, 0.15) is 11.6 Å². The van der Waals surface area contributed by atoms with Gasteiger partial charge in [0, 0.05) is 12.1 Å². The molecule has 106 valence electrons. The van der Waals surface area contributed by atoms with Crippen molar-refractivity contribution < 1.29 is 9.13 Å². The molecule has 1 aromatic rings. The molecule has 3 heteroatoms. The summed E-state index contributed by atoms with van der Waals surface area (Å²) in [6, 6.07) is 5.19. The minimum Gasteiger partial charge on any atom is -0.492 e. The van der Waals surface area contributed by atoms with Gasteiger partial charge in [0.05, 0.1) is 12.3 Å². The smallest absolute Gasteiger partial charge is 0.145 e. The van der Waals surface area contributed by atoms with Gasteiger partial charge in [0.15, 0.2) is 0 Å². The lowest BCUT2D eigenvalue weighted by atomic mass is 9.75. The second kappa shape index (κ2) is 5.81. The SMILES string of the molecule is CCOc1cc(F)ccc1NC1CCC(C)(C)CC1. The molecule has 1 N–H and O–H groups in total. The van der Waals surface area contributed by atoms with E-state index in [-0.39, 0.29) is 5.82 Å². The largest absolute Gasteiger partial charge is 0.492 e.